The van der Waals surface area contributed by atoms with E-state index < -0.39 is 0 Å². The minimum atomic E-state index is 0.0425. The van der Waals surface area contributed by atoms with E-state index in [2.05, 4.69) is 17.3 Å². The highest BCUT2D eigenvalue weighted by atomic mass is 16.6. The van der Waals surface area contributed by atoms with Crippen LogP contribution in [0.25, 0.3) is 11.1 Å². The van der Waals surface area contributed by atoms with E-state index in [1.165, 1.54) is 7.11 Å². The number of oxime groups is 1. The van der Waals surface area contributed by atoms with Crippen LogP contribution in [0.2, 0.25) is 0 Å². The number of hydrogen-bond acceptors (Lipinski definition) is 3. The second-order valence-corrected chi connectivity index (χ2v) is 5.26. The predicted molar refractivity (Wildman–Crippen MR) is 86.8 cm³/mol. The van der Waals surface area contributed by atoms with Gasteiger partial charge in [0.05, 0.1) is 12.3 Å². The molecule has 0 aliphatic carbocycles. The molecule has 1 aliphatic heterocycles. The van der Waals surface area contributed by atoms with Crippen molar-refractivity contribution in [2.45, 2.75) is 6.42 Å². The van der Waals surface area contributed by atoms with Gasteiger partial charge in [0.1, 0.15) is 7.11 Å². The Labute approximate surface area is 130 Å². The Bertz CT molecular complexity index is 678. The van der Waals surface area contributed by atoms with Gasteiger partial charge in [-0.3, -0.25) is 4.79 Å². The van der Waals surface area contributed by atoms with Crippen LogP contribution in [0.4, 0.5) is 0 Å². The number of likely N-dealkylation sites (tertiary alicyclic amines) is 1. The lowest BCUT2D eigenvalue weighted by Gasteiger charge is -2.14. The maximum atomic E-state index is 12.5. The Hall–Kier alpha value is -2.62. The van der Waals surface area contributed by atoms with Gasteiger partial charge in [0, 0.05) is 18.5 Å². The van der Waals surface area contributed by atoms with E-state index in [0.717, 1.165) is 23.3 Å². The van der Waals surface area contributed by atoms with Crippen LogP contribution in [0.3, 0.4) is 0 Å². The molecule has 0 N–H and O–H groups in total. The lowest BCUT2D eigenvalue weighted by molar-refractivity contribution is 0.0798. The molecular formula is C18H18N2O2. The summed E-state index contributed by atoms with van der Waals surface area (Å²) >= 11 is 0. The van der Waals surface area contributed by atoms with Crippen molar-refractivity contribution in [3.8, 4) is 11.1 Å². The Balaban J connectivity index is 1.73. The first-order chi connectivity index (χ1) is 10.8. The summed E-state index contributed by atoms with van der Waals surface area (Å²) in [6.45, 7) is 1.24. The molecule has 112 valence electrons. The Morgan fingerprint density at radius 1 is 1.05 bits per heavy atom. The summed E-state index contributed by atoms with van der Waals surface area (Å²) in [6, 6.07) is 17.9. The predicted octanol–water partition coefficient (Wildman–Crippen LogP) is 3.20. The second-order valence-electron chi connectivity index (χ2n) is 5.26. The van der Waals surface area contributed by atoms with Gasteiger partial charge in [0.2, 0.25) is 0 Å². The van der Waals surface area contributed by atoms with Gasteiger partial charge in [0.25, 0.3) is 5.91 Å². The summed E-state index contributed by atoms with van der Waals surface area (Å²) in [5, 5.41) is 3.93. The average Bonchev–Trinajstić information content (AvgIpc) is 3.04. The van der Waals surface area contributed by atoms with Gasteiger partial charge in [-0.25, -0.2) is 0 Å². The molecule has 1 aliphatic rings. The maximum Gasteiger partial charge on any atom is 0.254 e. The third kappa shape index (κ3) is 3.01. The molecule has 0 spiro atoms. The molecule has 1 heterocycles. The van der Waals surface area contributed by atoms with E-state index in [1.54, 1.807) is 4.90 Å². The zero-order valence-electron chi connectivity index (χ0n) is 12.5. The maximum absolute atomic E-state index is 12.5. The van der Waals surface area contributed by atoms with Crippen molar-refractivity contribution in [1.29, 1.82) is 0 Å². The molecule has 4 heteroatoms. The van der Waals surface area contributed by atoms with Crippen LogP contribution in [0, 0.1) is 0 Å². The Morgan fingerprint density at radius 3 is 2.41 bits per heavy atom. The fourth-order valence-corrected chi connectivity index (χ4v) is 2.64. The summed E-state index contributed by atoms with van der Waals surface area (Å²) in [6.07, 6.45) is 0.779. The van der Waals surface area contributed by atoms with Crippen molar-refractivity contribution in [3.63, 3.8) is 0 Å². The molecule has 0 bridgehead atoms. The molecule has 2 aromatic rings. The fraction of sp³-hybridized carbons (Fsp3) is 0.222. The van der Waals surface area contributed by atoms with Gasteiger partial charge >= 0.3 is 0 Å². The van der Waals surface area contributed by atoms with Gasteiger partial charge in [-0.05, 0) is 23.3 Å². The number of carbonyl (C=O) groups excluding carboxylic acids is 1. The van der Waals surface area contributed by atoms with E-state index in [4.69, 9.17) is 4.84 Å². The highest BCUT2D eigenvalue weighted by molar-refractivity contribution is 6.00. The first-order valence-corrected chi connectivity index (χ1v) is 7.31. The largest absolute Gasteiger partial charge is 0.399 e. The molecule has 0 saturated carbocycles. The number of nitrogens with zero attached hydrogens (tertiary/aromatic N) is 2. The zero-order chi connectivity index (χ0) is 15.4. The van der Waals surface area contributed by atoms with Gasteiger partial charge in [-0.1, -0.05) is 47.6 Å². The number of carbonyl (C=O) groups is 1. The Morgan fingerprint density at radius 2 is 1.73 bits per heavy atom. The van der Waals surface area contributed by atoms with Crippen LogP contribution in [0.1, 0.15) is 16.8 Å². The summed E-state index contributed by atoms with van der Waals surface area (Å²) in [5.41, 5.74) is 3.88. The molecule has 22 heavy (non-hydrogen) atoms. The summed E-state index contributed by atoms with van der Waals surface area (Å²) in [5.74, 6) is 0.0425. The SMILES string of the molecule is CON=C1CCN(C(=O)c2ccc(-c3ccccc3)cc2)C1. The molecule has 0 radical (unpaired) electrons. The topological polar surface area (TPSA) is 41.9 Å². The van der Waals surface area contributed by atoms with Crippen LogP contribution in [0.5, 0.6) is 0 Å². The monoisotopic (exact) mass is 294 g/mol. The summed E-state index contributed by atoms with van der Waals surface area (Å²) < 4.78 is 0. The van der Waals surface area contributed by atoms with Gasteiger partial charge in [-0.2, -0.15) is 0 Å². The highest BCUT2D eigenvalue weighted by Crippen LogP contribution is 2.20. The van der Waals surface area contributed by atoms with Crippen molar-refractivity contribution >= 4 is 11.6 Å². The molecule has 0 unspecified atom stereocenters. The van der Waals surface area contributed by atoms with Crippen molar-refractivity contribution in [3.05, 3.63) is 60.2 Å². The van der Waals surface area contributed by atoms with Crippen molar-refractivity contribution < 1.29 is 9.63 Å². The molecule has 1 amide bonds. The summed E-state index contributed by atoms with van der Waals surface area (Å²) in [4.78, 5) is 19.0. The molecule has 1 saturated heterocycles. The lowest BCUT2D eigenvalue weighted by atomic mass is 10.0. The van der Waals surface area contributed by atoms with E-state index in [9.17, 15) is 4.79 Å². The molecule has 3 rings (SSSR count). The van der Waals surface area contributed by atoms with Crippen molar-refractivity contribution in [2.75, 3.05) is 20.2 Å². The minimum absolute atomic E-state index is 0.0425. The highest BCUT2D eigenvalue weighted by Gasteiger charge is 2.24. The molecular weight excluding hydrogens is 276 g/mol. The molecule has 1 fully saturated rings. The van der Waals surface area contributed by atoms with E-state index >= 15 is 0 Å². The van der Waals surface area contributed by atoms with Crippen LogP contribution < -0.4 is 0 Å². The first kappa shape index (κ1) is 14.3. The van der Waals surface area contributed by atoms with Gasteiger partial charge in [0.15, 0.2) is 0 Å². The molecule has 0 aromatic heterocycles. The number of benzene rings is 2. The average molecular weight is 294 g/mol. The van der Waals surface area contributed by atoms with Crippen LogP contribution in [-0.2, 0) is 4.84 Å². The first-order valence-electron chi connectivity index (χ1n) is 7.31. The van der Waals surface area contributed by atoms with Crippen molar-refractivity contribution in [2.24, 2.45) is 5.16 Å². The zero-order valence-corrected chi connectivity index (χ0v) is 12.5. The lowest BCUT2D eigenvalue weighted by Crippen LogP contribution is -2.28. The van der Waals surface area contributed by atoms with Crippen LogP contribution >= 0.6 is 0 Å². The third-order valence-electron chi connectivity index (χ3n) is 3.79. The van der Waals surface area contributed by atoms with E-state index in [1.807, 2.05) is 42.5 Å². The second kappa shape index (κ2) is 6.43. The van der Waals surface area contributed by atoms with E-state index in [0.29, 0.717) is 18.7 Å². The fourth-order valence-electron chi connectivity index (χ4n) is 2.64. The van der Waals surface area contributed by atoms with Crippen molar-refractivity contribution in [1.82, 2.24) is 4.90 Å². The molecule has 0 atom stereocenters. The Kier molecular flexibility index (Phi) is 4.19. The standard InChI is InChI=1S/C18H18N2O2/c1-22-19-17-11-12-20(13-17)18(21)16-9-7-15(8-10-16)14-5-3-2-4-6-14/h2-10H,11-13H2,1H3. The van der Waals surface area contributed by atoms with Crippen LogP contribution in [-0.4, -0.2) is 36.7 Å². The summed E-state index contributed by atoms with van der Waals surface area (Å²) in [7, 11) is 1.53. The van der Waals surface area contributed by atoms with Gasteiger partial charge < -0.3 is 9.74 Å². The smallest absolute Gasteiger partial charge is 0.254 e. The molecule has 2 aromatic carbocycles. The quantitative estimate of drug-likeness (QED) is 0.816. The third-order valence-corrected chi connectivity index (χ3v) is 3.79. The van der Waals surface area contributed by atoms with E-state index in [-0.39, 0.29) is 5.91 Å². The number of amides is 1. The van der Waals surface area contributed by atoms with Gasteiger partial charge in [-0.15, -0.1) is 0 Å². The number of rotatable bonds is 3. The number of hydrogen-bond donors (Lipinski definition) is 0. The molecule has 4 nitrogen and oxygen atoms in total. The normalized spacial score (nSPS) is 16.0. The minimum Gasteiger partial charge on any atom is -0.399 e. The van der Waals surface area contributed by atoms with Crippen LogP contribution in [0.15, 0.2) is 59.8 Å².